The van der Waals surface area contributed by atoms with Crippen molar-refractivity contribution in [2.75, 3.05) is 24.6 Å². The van der Waals surface area contributed by atoms with Crippen molar-refractivity contribution < 1.29 is 4.79 Å². The molecule has 1 aliphatic carbocycles. The number of carbonyl (C=O) groups excluding carboxylic acids is 1. The highest BCUT2D eigenvalue weighted by Crippen LogP contribution is 2.29. The first-order chi connectivity index (χ1) is 8.77. The van der Waals surface area contributed by atoms with Crippen LogP contribution in [-0.4, -0.2) is 36.5 Å². The van der Waals surface area contributed by atoms with E-state index in [4.69, 9.17) is 0 Å². The highest BCUT2D eigenvalue weighted by atomic mass is 32.2. The molecule has 0 bridgehead atoms. The number of carbonyl (C=O) groups is 1. The summed E-state index contributed by atoms with van der Waals surface area (Å²) in [4.78, 5) is 11.4. The van der Waals surface area contributed by atoms with E-state index in [9.17, 15) is 4.79 Å². The molecule has 1 fully saturated rings. The van der Waals surface area contributed by atoms with Crippen molar-refractivity contribution in [1.82, 2.24) is 10.6 Å². The highest BCUT2D eigenvalue weighted by Gasteiger charge is 2.24. The topological polar surface area (TPSA) is 41.1 Å². The molecule has 106 valence electrons. The Balaban J connectivity index is 2.24. The van der Waals surface area contributed by atoms with E-state index in [0.717, 1.165) is 24.8 Å². The third-order valence-corrected chi connectivity index (χ3v) is 4.59. The molecular formula is C14H28N2OS. The van der Waals surface area contributed by atoms with E-state index in [2.05, 4.69) is 17.6 Å². The van der Waals surface area contributed by atoms with E-state index >= 15 is 0 Å². The van der Waals surface area contributed by atoms with Crippen LogP contribution in [-0.2, 0) is 4.79 Å². The molecule has 0 heterocycles. The van der Waals surface area contributed by atoms with Crippen molar-refractivity contribution in [3.05, 3.63) is 0 Å². The Bertz CT molecular complexity index is 230. The van der Waals surface area contributed by atoms with Crippen LogP contribution in [0.4, 0.5) is 0 Å². The van der Waals surface area contributed by atoms with Gasteiger partial charge in [-0.1, -0.05) is 19.8 Å². The maximum absolute atomic E-state index is 11.4. The zero-order chi connectivity index (χ0) is 13.2. The van der Waals surface area contributed by atoms with Crippen LogP contribution >= 0.6 is 11.8 Å². The zero-order valence-corrected chi connectivity index (χ0v) is 12.7. The summed E-state index contributed by atoms with van der Waals surface area (Å²) in [5.41, 5.74) is 0. The molecule has 1 unspecified atom stereocenters. The molecule has 2 N–H and O–H groups in total. The molecule has 0 aromatic heterocycles. The summed E-state index contributed by atoms with van der Waals surface area (Å²) in [6.07, 6.45) is 6.68. The van der Waals surface area contributed by atoms with Gasteiger partial charge in [-0.2, -0.15) is 11.8 Å². The van der Waals surface area contributed by atoms with E-state index < -0.39 is 0 Å². The predicted molar refractivity (Wildman–Crippen MR) is 80.0 cm³/mol. The fourth-order valence-electron chi connectivity index (χ4n) is 2.58. The van der Waals surface area contributed by atoms with Gasteiger partial charge in [-0.25, -0.2) is 0 Å². The standard InChI is InChI=1S/C14H28N2OS/c1-3-9-16-13(12-7-5-6-8-12)10-18-11-14(17)15-4-2/h12-13,16H,3-11H2,1-2H3,(H,15,17). The lowest BCUT2D eigenvalue weighted by atomic mass is 10.00. The number of thioether (sulfide) groups is 1. The van der Waals surface area contributed by atoms with Crippen molar-refractivity contribution >= 4 is 17.7 Å². The minimum Gasteiger partial charge on any atom is -0.356 e. The fraction of sp³-hybridized carbons (Fsp3) is 0.929. The third-order valence-electron chi connectivity index (χ3n) is 3.53. The monoisotopic (exact) mass is 272 g/mol. The van der Waals surface area contributed by atoms with E-state index in [-0.39, 0.29) is 5.91 Å². The first-order valence-electron chi connectivity index (χ1n) is 7.35. The van der Waals surface area contributed by atoms with Crippen LogP contribution in [0.2, 0.25) is 0 Å². The summed E-state index contributed by atoms with van der Waals surface area (Å²) in [7, 11) is 0. The summed E-state index contributed by atoms with van der Waals surface area (Å²) >= 11 is 1.77. The Morgan fingerprint density at radius 1 is 1.33 bits per heavy atom. The highest BCUT2D eigenvalue weighted by molar-refractivity contribution is 8.00. The number of amides is 1. The average molecular weight is 272 g/mol. The number of hydrogen-bond acceptors (Lipinski definition) is 3. The summed E-state index contributed by atoms with van der Waals surface area (Å²) in [6, 6.07) is 0.604. The molecule has 1 rings (SSSR count). The minimum atomic E-state index is 0.170. The maximum atomic E-state index is 11.4. The maximum Gasteiger partial charge on any atom is 0.229 e. The van der Waals surface area contributed by atoms with E-state index in [1.54, 1.807) is 11.8 Å². The van der Waals surface area contributed by atoms with Gasteiger partial charge in [0.2, 0.25) is 5.91 Å². The predicted octanol–water partition coefficient (Wildman–Crippen LogP) is 2.41. The molecule has 3 nitrogen and oxygen atoms in total. The van der Waals surface area contributed by atoms with E-state index in [1.165, 1.54) is 32.1 Å². The number of hydrogen-bond donors (Lipinski definition) is 2. The van der Waals surface area contributed by atoms with Gasteiger partial charge in [-0.15, -0.1) is 0 Å². The Kier molecular flexibility index (Phi) is 8.51. The molecule has 0 aliphatic heterocycles. The Hall–Kier alpha value is -0.220. The Morgan fingerprint density at radius 2 is 2.06 bits per heavy atom. The van der Waals surface area contributed by atoms with Crippen LogP contribution < -0.4 is 10.6 Å². The van der Waals surface area contributed by atoms with Gasteiger partial charge >= 0.3 is 0 Å². The van der Waals surface area contributed by atoms with Gasteiger partial charge in [0, 0.05) is 18.3 Å². The van der Waals surface area contributed by atoms with Crippen molar-refractivity contribution in [3.8, 4) is 0 Å². The van der Waals surface area contributed by atoms with Crippen molar-refractivity contribution in [3.63, 3.8) is 0 Å². The average Bonchev–Trinajstić information content (AvgIpc) is 2.87. The normalized spacial score (nSPS) is 17.9. The number of nitrogens with one attached hydrogen (secondary N) is 2. The third kappa shape index (κ3) is 6.10. The van der Waals surface area contributed by atoms with Gasteiger partial charge in [0.25, 0.3) is 0 Å². The first-order valence-corrected chi connectivity index (χ1v) is 8.51. The van der Waals surface area contributed by atoms with Crippen LogP contribution in [0.3, 0.4) is 0 Å². The van der Waals surface area contributed by atoms with Crippen LogP contribution in [0.1, 0.15) is 46.0 Å². The molecule has 0 radical (unpaired) electrons. The van der Waals surface area contributed by atoms with Gasteiger partial charge in [-0.05, 0) is 38.6 Å². The van der Waals surface area contributed by atoms with Crippen LogP contribution in [0.25, 0.3) is 0 Å². The summed E-state index contributed by atoms with van der Waals surface area (Å²) in [5, 5.41) is 6.52. The van der Waals surface area contributed by atoms with Gasteiger partial charge in [-0.3, -0.25) is 4.79 Å². The smallest absolute Gasteiger partial charge is 0.229 e. The van der Waals surface area contributed by atoms with Gasteiger partial charge < -0.3 is 10.6 Å². The van der Waals surface area contributed by atoms with Crippen LogP contribution in [0, 0.1) is 5.92 Å². The second-order valence-electron chi connectivity index (χ2n) is 5.07. The lowest BCUT2D eigenvalue weighted by Crippen LogP contribution is -2.38. The SMILES string of the molecule is CCCNC(CSCC(=O)NCC)C1CCCC1. The molecule has 1 saturated carbocycles. The Labute approximate surface area is 116 Å². The molecule has 1 amide bonds. The molecule has 0 saturated heterocycles. The van der Waals surface area contributed by atoms with Crippen molar-refractivity contribution in [1.29, 1.82) is 0 Å². The molecule has 18 heavy (non-hydrogen) atoms. The van der Waals surface area contributed by atoms with Crippen LogP contribution in [0.5, 0.6) is 0 Å². The molecule has 0 aromatic carbocycles. The minimum absolute atomic E-state index is 0.170. The number of rotatable bonds is 9. The molecule has 0 spiro atoms. The van der Waals surface area contributed by atoms with Crippen LogP contribution in [0.15, 0.2) is 0 Å². The van der Waals surface area contributed by atoms with Gasteiger partial charge in [0.05, 0.1) is 5.75 Å². The molecular weight excluding hydrogens is 244 g/mol. The fourth-order valence-corrected chi connectivity index (χ4v) is 3.63. The lowest BCUT2D eigenvalue weighted by Gasteiger charge is -2.24. The second-order valence-corrected chi connectivity index (χ2v) is 6.10. The molecule has 1 aliphatic rings. The second kappa shape index (κ2) is 9.68. The molecule has 4 heteroatoms. The van der Waals surface area contributed by atoms with Crippen molar-refractivity contribution in [2.45, 2.75) is 52.0 Å². The lowest BCUT2D eigenvalue weighted by molar-refractivity contribution is -0.118. The van der Waals surface area contributed by atoms with E-state index in [1.807, 2.05) is 6.92 Å². The largest absolute Gasteiger partial charge is 0.356 e. The summed E-state index contributed by atoms with van der Waals surface area (Å²) in [6.45, 7) is 6.01. The quantitative estimate of drug-likeness (QED) is 0.677. The first kappa shape index (κ1) is 15.8. The summed E-state index contributed by atoms with van der Waals surface area (Å²) in [5.74, 6) is 2.67. The molecule has 0 aromatic rings. The Morgan fingerprint density at radius 3 is 2.67 bits per heavy atom. The molecule has 1 atom stereocenters. The zero-order valence-electron chi connectivity index (χ0n) is 11.8. The summed E-state index contributed by atoms with van der Waals surface area (Å²) < 4.78 is 0. The van der Waals surface area contributed by atoms with Gasteiger partial charge in [0.1, 0.15) is 0 Å². The van der Waals surface area contributed by atoms with Crippen molar-refractivity contribution in [2.24, 2.45) is 5.92 Å². The van der Waals surface area contributed by atoms with Gasteiger partial charge in [0.15, 0.2) is 0 Å². The van der Waals surface area contributed by atoms with E-state index in [0.29, 0.717) is 11.8 Å².